The van der Waals surface area contributed by atoms with Crippen molar-refractivity contribution < 1.29 is 0 Å². The van der Waals surface area contributed by atoms with Crippen LogP contribution in [0, 0.1) is 36.5 Å². The molecule has 0 atom stereocenters. The number of aryl methyl sites for hydroxylation is 2. The Morgan fingerprint density at radius 1 is 0.688 bits per heavy atom. The van der Waals surface area contributed by atoms with E-state index in [1.165, 1.54) is 11.1 Å². The molecule has 154 valence electrons. The normalized spacial score (nSPS) is 10.1. The maximum absolute atomic E-state index is 8.97. The minimum atomic E-state index is 0.112. The molecule has 3 nitrogen and oxygen atoms in total. The maximum Gasteiger partial charge on any atom is 0.131 e. The van der Waals surface area contributed by atoms with Crippen LogP contribution in [-0.2, 0) is 0 Å². The highest BCUT2D eigenvalue weighted by molar-refractivity contribution is 7.16. The van der Waals surface area contributed by atoms with Crippen LogP contribution in [0.5, 0.6) is 0 Å². The molecule has 0 aliphatic rings. The molecule has 1 heterocycles. The van der Waals surface area contributed by atoms with E-state index in [0.717, 1.165) is 32.4 Å². The summed E-state index contributed by atoms with van der Waals surface area (Å²) < 4.78 is 0. The Morgan fingerprint density at radius 2 is 1.16 bits per heavy atom. The van der Waals surface area contributed by atoms with Crippen LogP contribution in [0.2, 0.25) is 0 Å². The third-order valence-corrected chi connectivity index (χ3v) is 6.23. The van der Waals surface area contributed by atoms with E-state index in [1.807, 2.05) is 24.3 Å². The quantitative estimate of drug-likeness (QED) is 0.301. The Hall–Kier alpha value is -4.12. The number of benzene rings is 3. The molecule has 0 saturated heterocycles. The van der Waals surface area contributed by atoms with Crippen LogP contribution in [0.15, 0.2) is 90.5 Å². The fraction of sp³-hybridized carbons (Fsp3) is 0.0714. The Bertz CT molecular complexity index is 1270. The van der Waals surface area contributed by atoms with Gasteiger partial charge in [0.2, 0.25) is 0 Å². The largest absolute Gasteiger partial charge is 0.311 e. The zero-order valence-electron chi connectivity index (χ0n) is 17.9. The van der Waals surface area contributed by atoms with E-state index in [-0.39, 0.29) is 5.57 Å². The number of anilines is 3. The van der Waals surface area contributed by atoms with Gasteiger partial charge in [0.1, 0.15) is 17.7 Å². The predicted octanol–water partition coefficient (Wildman–Crippen LogP) is 7.93. The van der Waals surface area contributed by atoms with E-state index in [2.05, 4.69) is 91.5 Å². The number of nitriles is 2. The van der Waals surface area contributed by atoms with E-state index in [0.29, 0.717) is 0 Å². The van der Waals surface area contributed by atoms with Crippen molar-refractivity contribution in [3.8, 4) is 22.6 Å². The van der Waals surface area contributed by atoms with E-state index >= 15 is 0 Å². The summed E-state index contributed by atoms with van der Waals surface area (Å²) in [5.41, 5.74) is 6.96. The summed E-state index contributed by atoms with van der Waals surface area (Å²) in [7, 11) is 0. The lowest BCUT2D eigenvalue weighted by Crippen LogP contribution is -2.09. The number of nitrogens with zero attached hydrogens (tertiary/aromatic N) is 3. The van der Waals surface area contributed by atoms with Gasteiger partial charge in [-0.2, -0.15) is 10.5 Å². The second-order valence-corrected chi connectivity index (χ2v) is 8.65. The van der Waals surface area contributed by atoms with Crippen LogP contribution in [0.25, 0.3) is 16.5 Å². The fourth-order valence-corrected chi connectivity index (χ4v) is 4.38. The first-order chi connectivity index (χ1) is 15.6. The number of thiophene rings is 1. The highest BCUT2D eigenvalue weighted by atomic mass is 32.1. The third kappa shape index (κ3) is 4.62. The lowest BCUT2D eigenvalue weighted by molar-refractivity contribution is 1.27. The summed E-state index contributed by atoms with van der Waals surface area (Å²) in [6.07, 6.45) is 1.62. The summed E-state index contributed by atoms with van der Waals surface area (Å²) in [5, 5.41) is 17.9. The first-order valence-corrected chi connectivity index (χ1v) is 11.0. The maximum atomic E-state index is 8.97. The second-order valence-electron chi connectivity index (χ2n) is 7.54. The molecule has 0 unspecified atom stereocenters. The van der Waals surface area contributed by atoms with Gasteiger partial charge >= 0.3 is 0 Å². The Kier molecular flexibility index (Phi) is 6.17. The summed E-state index contributed by atoms with van der Waals surface area (Å²) >= 11 is 1.56. The van der Waals surface area contributed by atoms with Crippen molar-refractivity contribution in [3.63, 3.8) is 0 Å². The molecule has 0 N–H and O–H groups in total. The molecule has 32 heavy (non-hydrogen) atoms. The SMILES string of the molecule is Cc1ccc(N(c2ccc(C)cc2)c2ccc(-c3ccc(C=C(C#N)C#N)s3)cc2)cc1. The molecule has 0 saturated carbocycles. The Morgan fingerprint density at radius 3 is 1.62 bits per heavy atom. The van der Waals surface area contributed by atoms with E-state index in [1.54, 1.807) is 17.4 Å². The zero-order chi connectivity index (χ0) is 22.5. The standard InChI is InChI=1S/C28H21N3S/c1-20-3-9-24(10-4-20)31(25-11-5-21(2)6-12-25)26-13-7-23(8-14-26)28-16-15-27(32-28)17-22(18-29)19-30/h3-17H,1-2H3. The Labute approximate surface area is 192 Å². The molecule has 4 heteroatoms. The van der Waals surface area contributed by atoms with Crippen LogP contribution in [0.3, 0.4) is 0 Å². The van der Waals surface area contributed by atoms with Crippen LogP contribution >= 0.6 is 11.3 Å². The lowest BCUT2D eigenvalue weighted by Gasteiger charge is -2.26. The molecule has 4 rings (SSSR count). The first kappa shape index (κ1) is 21.1. The zero-order valence-corrected chi connectivity index (χ0v) is 18.7. The fourth-order valence-electron chi connectivity index (χ4n) is 3.43. The van der Waals surface area contributed by atoms with Gasteiger partial charge in [0.25, 0.3) is 0 Å². The van der Waals surface area contributed by atoms with E-state index < -0.39 is 0 Å². The van der Waals surface area contributed by atoms with Gasteiger partial charge in [-0.1, -0.05) is 47.5 Å². The predicted molar refractivity (Wildman–Crippen MR) is 133 cm³/mol. The average molecular weight is 432 g/mol. The molecule has 0 aliphatic carbocycles. The van der Waals surface area contributed by atoms with Gasteiger partial charge in [-0.15, -0.1) is 11.3 Å². The summed E-state index contributed by atoms with van der Waals surface area (Å²) in [5.74, 6) is 0. The summed E-state index contributed by atoms with van der Waals surface area (Å²) in [6, 6.07) is 33.3. The molecule has 0 radical (unpaired) electrons. The number of rotatable bonds is 5. The monoisotopic (exact) mass is 431 g/mol. The molecule has 4 aromatic rings. The van der Waals surface area contributed by atoms with Gasteiger partial charge in [0, 0.05) is 26.8 Å². The van der Waals surface area contributed by atoms with Crippen molar-refractivity contribution in [1.82, 2.24) is 0 Å². The molecule has 0 spiro atoms. The van der Waals surface area contributed by atoms with Gasteiger partial charge in [-0.05, 0) is 74.0 Å². The van der Waals surface area contributed by atoms with Crippen molar-refractivity contribution in [2.45, 2.75) is 13.8 Å². The molecule has 0 aliphatic heterocycles. The molecule has 0 bridgehead atoms. The third-order valence-electron chi connectivity index (χ3n) is 5.15. The number of hydrogen-bond donors (Lipinski definition) is 0. The van der Waals surface area contributed by atoms with E-state index in [4.69, 9.17) is 10.5 Å². The molecule has 1 aromatic heterocycles. The Balaban J connectivity index is 1.68. The second kappa shape index (κ2) is 9.35. The highest BCUT2D eigenvalue weighted by Gasteiger charge is 2.13. The van der Waals surface area contributed by atoms with Gasteiger partial charge in [0.05, 0.1) is 0 Å². The lowest BCUT2D eigenvalue weighted by atomic mass is 10.1. The molecule has 3 aromatic carbocycles. The van der Waals surface area contributed by atoms with Crippen molar-refractivity contribution in [1.29, 1.82) is 10.5 Å². The first-order valence-electron chi connectivity index (χ1n) is 10.2. The minimum absolute atomic E-state index is 0.112. The smallest absolute Gasteiger partial charge is 0.131 e. The van der Waals surface area contributed by atoms with E-state index in [9.17, 15) is 0 Å². The van der Waals surface area contributed by atoms with Crippen molar-refractivity contribution >= 4 is 34.5 Å². The van der Waals surface area contributed by atoms with Crippen molar-refractivity contribution in [3.05, 3.63) is 107 Å². The van der Waals surface area contributed by atoms with Crippen LogP contribution in [0.1, 0.15) is 16.0 Å². The van der Waals surface area contributed by atoms with Gasteiger partial charge in [-0.25, -0.2) is 0 Å². The summed E-state index contributed by atoms with van der Waals surface area (Å²) in [6.45, 7) is 4.19. The highest BCUT2D eigenvalue weighted by Crippen LogP contribution is 2.37. The minimum Gasteiger partial charge on any atom is -0.311 e. The van der Waals surface area contributed by atoms with Gasteiger partial charge in [0.15, 0.2) is 0 Å². The average Bonchev–Trinajstić information content (AvgIpc) is 3.29. The molecule has 0 fully saturated rings. The van der Waals surface area contributed by atoms with Gasteiger partial charge < -0.3 is 4.90 Å². The van der Waals surface area contributed by atoms with Crippen LogP contribution in [-0.4, -0.2) is 0 Å². The van der Waals surface area contributed by atoms with Crippen molar-refractivity contribution in [2.75, 3.05) is 4.90 Å². The van der Waals surface area contributed by atoms with Crippen molar-refractivity contribution in [2.24, 2.45) is 0 Å². The van der Waals surface area contributed by atoms with Crippen LogP contribution < -0.4 is 4.90 Å². The number of hydrogen-bond acceptors (Lipinski definition) is 4. The van der Waals surface area contributed by atoms with Gasteiger partial charge in [-0.3, -0.25) is 0 Å². The number of allylic oxidation sites excluding steroid dienone is 1. The molecular formula is C28H21N3S. The summed E-state index contributed by atoms with van der Waals surface area (Å²) in [4.78, 5) is 4.23. The topological polar surface area (TPSA) is 50.8 Å². The molecule has 0 amide bonds. The van der Waals surface area contributed by atoms with Crippen LogP contribution in [0.4, 0.5) is 17.1 Å². The molecular weight excluding hydrogens is 410 g/mol.